The van der Waals surface area contributed by atoms with Crippen molar-refractivity contribution in [1.29, 1.82) is 0 Å². The maximum atomic E-state index is 13.1. The molecular weight excluding hydrogens is 468 g/mol. The van der Waals surface area contributed by atoms with Crippen LogP contribution in [0.3, 0.4) is 0 Å². The number of thiophene rings is 1. The zero-order chi connectivity index (χ0) is 21.4. The summed E-state index contributed by atoms with van der Waals surface area (Å²) in [4.78, 5) is 2.32. The number of halogens is 1. The van der Waals surface area contributed by atoms with Crippen molar-refractivity contribution < 1.29 is 21.3 Å². The average Bonchev–Trinajstić information content (AvgIpc) is 3.44. The second-order valence-corrected chi connectivity index (χ2v) is 14.1. The van der Waals surface area contributed by atoms with Gasteiger partial charge in [-0.2, -0.15) is 0 Å². The van der Waals surface area contributed by atoms with E-state index in [4.69, 9.17) is 16.0 Å². The van der Waals surface area contributed by atoms with Crippen LogP contribution in [0.1, 0.15) is 31.1 Å². The van der Waals surface area contributed by atoms with Gasteiger partial charge in [-0.05, 0) is 50.2 Å². The van der Waals surface area contributed by atoms with Crippen molar-refractivity contribution in [1.82, 2.24) is 10.2 Å². The highest BCUT2D eigenvalue weighted by atomic mass is 35.5. The topological polar surface area (TPSA) is 96.7 Å². The largest absolute Gasteiger partial charge is 0.468 e. The summed E-state index contributed by atoms with van der Waals surface area (Å²) in [7, 11) is -7.27. The van der Waals surface area contributed by atoms with Gasteiger partial charge in [-0.1, -0.05) is 18.0 Å². The average molecular weight is 493 g/mol. The molecule has 7 nitrogen and oxygen atoms in total. The van der Waals surface area contributed by atoms with Crippen LogP contribution in [-0.2, 0) is 19.7 Å². The quantitative estimate of drug-likeness (QED) is 0.634. The van der Waals surface area contributed by atoms with Gasteiger partial charge in [0, 0.05) is 12.6 Å². The number of sulfone groups is 2. The normalized spacial score (nSPS) is 26.0. The van der Waals surface area contributed by atoms with Crippen LogP contribution in [0, 0.1) is 0 Å². The van der Waals surface area contributed by atoms with E-state index >= 15 is 0 Å². The molecule has 3 atom stereocenters. The molecule has 2 aromatic rings. The summed E-state index contributed by atoms with van der Waals surface area (Å²) < 4.78 is 57.1. The number of hydrogen-bond donors (Lipinski definition) is 1. The van der Waals surface area contributed by atoms with E-state index in [1.807, 2.05) is 12.1 Å². The van der Waals surface area contributed by atoms with Crippen LogP contribution in [0.4, 0.5) is 0 Å². The number of nitrogens with zero attached hydrogens (tertiary/aromatic N) is 1. The highest BCUT2D eigenvalue weighted by Crippen LogP contribution is 2.33. The first-order valence-corrected chi connectivity index (χ1v) is 14.5. The molecule has 0 radical (unpaired) electrons. The van der Waals surface area contributed by atoms with Crippen LogP contribution in [0.2, 0.25) is 4.34 Å². The summed E-state index contributed by atoms with van der Waals surface area (Å²) in [5.74, 6) is 0.230. The molecule has 166 valence electrons. The molecule has 4 heterocycles. The molecule has 2 fully saturated rings. The van der Waals surface area contributed by atoms with E-state index in [-0.39, 0.29) is 21.8 Å². The maximum Gasteiger partial charge on any atom is 0.193 e. The van der Waals surface area contributed by atoms with Crippen LogP contribution in [-0.4, -0.2) is 64.2 Å². The van der Waals surface area contributed by atoms with Crippen molar-refractivity contribution in [2.75, 3.05) is 31.1 Å². The van der Waals surface area contributed by atoms with Crippen LogP contribution in [0.15, 0.2) is 39.2 Å². The van der Waals surface area contributed by atoms with Crippen molar-refractivity contribution in [3.8, 4) is 0 Å². The third-order valence-corrected chi connectivity index (χ3v) is 11.7. The molecular formula is C19H25ClN2O5S3. The van der Waals surface area contributed by atoms with E-state index < -0.39 is 31.0 Å². The number of hydrogen-bond acceptors (Lipinski definition) is 8. The molecule has 30 heavy (non-hydrogen) atoms. The van der Waals surface area contributed by atoms with E-state index in [1.165, 1.54) is 18.6 Å². The Bertz CT molecular complexity index is 1060. The Balaban J connectivity index is 1.55. The maximum absolute atomic E-state index is 13.1. The standard InChI is InChI=1S/C19H25ClN2O5S3/c20-18-6-7-19(28-18)30(25,26)17-13-29(23,24)12-14(17)21-11-15(16-5-4-10-27-16)22-8-2-1-3-9-22/h4-7,10,14-15,17,21H,1-3,8-9,11-13H2/t14-,15?,17-/m0/s1. The molecule has 2 aliphatic heterocycles. The predicted molar refractivity (Wildman–Crippen MR) is 118 cm³/mol. The van der Waals surface area contributed by atoms with Gasteiger partial charge in [0.25, 0.3) is 0 Å². The molecule has 4 rings (SSSR count). The van der Waals surface area contributed by atoms with Crippen LogP contribution >= 0.6 is 22.9 Å². The van der Waals surface area contributed by atoms with Gasteiger partial charge in [0.05, 0.1) is 33.4 Å². The van der Waals surface area contributed by atoms with Gasteiger partial charge in [0.1, 0.15) is 9.97 Å². The molecule has 0 saturated carbocycles. The number of likely N-dealkylation sites (tertiary alicyclic amines) is 1. The Morgan fingerprint density at radius 1 is 1.20 bits per heavy atom. The van der Waals surface area contributed by atoms with Crippen LogP contribution < -0.4 is 5.32 Å². The first kappa shape index (κ1) is 22.3. The lowest BCUT2D eigenvalue weighted by Gasteiger charge is -2.34. The van der Waals surface area contributed by atoms with E-state index in [1.54, 1.807) is 6.26 Å². The van der Waals surface area contributed by atoms with Gasteiger partial charge < -0.3 is 9.73 Å². The molecule has 0 spiro atoms. The monoisotopic (exact) mass is 492 g/mol. The molecule has 11 heteroatoms. The summed E-state index contributed by atoms with van der Waals surface area (Å²) in [6, 6.07) is 5.97. The fraction of sp³-hybridized carbons (Fsp3) is 0.579. The first-order chi connectivity index (χ1) is 14.3. The Labute approximate surface area is 186 Å². The zero-order valence-electron chi connectivity index (χ0n) is 16.4. The highest BCUT2D eigenvalue weighted by Gasteiger charge is 2.46. The predicted octanol–water partition coefficient (Wildman–Crippen LogP) is 2.75. The molecule has 1 N–H and O–H groups in total. The van der Waals surface area contributed by atoms with Gasteiger partial charge in [-0.15, -0.1) is 11.3 Å². The fourth-order valence-corrected chi connectivity index (χ4v) is 10.7. The van der Waals surface area contributed by atoms with Crippen molar-refractivity contribution in [2.45, 2.75) is 40.8 Å². The van der Waals surface area contributed by atoms with E-state index in [0.29, 0.717) is 10.9 Å². The lowest BCUT2D eigenvalue weighted by atomic mass is 10.1. The highest BCUT2D eigenvalue weighted by molar-refractivity contribution is 7.97. The molecule has 2 aromatic heterocycles. The summed E-state index contributed by atoms with van der Waals surface area (Å²) >= 11 is 6.88. The van der Waals surface area contributed by atoms with Gasteiger partial charge in [-0.25, -0.2) is 16.8 Å². The van der Waals surface area contributed by atoms with Crippen molar-refractivity contribution >= 4 is 42.6 Å². The minimum Gasteiger partial charge on any atom is -0.468 e. The molecule has 0 bridgehead atoms. The number of furan rings is 1. The molecule has 0 amide bonds. The third-order valence-electron chi connectivity index (χ3n) is 5.80. The third kappa shape index (κ3) is 4.78. The van der Waals surface area contributed by atoms with Gasteiger partial charge in [0.15, 0.2) is 19.7 Å². The second-order valence-electron chi connectivity index (χ2n) is 7.86. The second kappa shape index (κ2) is 8.91. The van der Waals surface area contributed by atoms with E-state index in [9.17, 15) is 16.8 Å². The summed E-state index contributed by atoms with van der Waals surface area (Å²) in [5.41, 5.74) is 0. The van der Waals surface area contributed by atoms with Crippen molar-refractivity contribution in [3.05, 3.63) is 40.6 Å². The first-order valence-electron chi connectivity index (χ1n) is 9.97. The lowest BCUT2D eigenvalue weighted by molar-refractivity contribution is 0.141. The number of piperidine rings is 1. The zero-order valence-corrected chi connectivity index (χ0v) is 19.6. The molecule has 1 unspecified atom stereocenters. The molecule has 2 saturated heterocycles. The van der Waals surface area contributed by atoms with Crippen molar-refractivity contribution in [2.24, 2.45) is 0 Å². The van der Waals surface area contributed by atoms with Crippen LogP contribution in [0.25, 0.3) is 0 Å². The minimum atomic E-state index is -3.81. The molecule has 0 aromatic carbocycles. The minimum absolute atomic E-state index is 0.0665. The van der Waals surface area contributed by atoms with Crippen LogP contribution in [0.5, 0.6) is 0 Å². The Kier molecular flexibility index (Phi) is 6.62. The summed E-state index contributed by atoms with van der Waals surface area (Å²) in [5, 5.41) is 2.24. The Morgan fingerprint density at radius 3 is 2.60 bits per heavy atom. The van der Waals surface area contributed by atoms with Gasteiger partial charge in [0.2, 0.25) is 0 Å². The van der Waals surface area contributed by atoms with Crippen molar-refractivity contribution in [3.63, 3.8) is 0 Å². The van der Waals surface area contributed by atoms with Gasteiger partial charge in [-0.3, -0.25) is 4.90 Å². The lowest BCUT2D eigenvalue weighted by Crippen LogP contribution is -2.47. The Hall–Kier alpha value is -0.910. The fourth-order valence-electron chi connectivity index (χ4n) is 4.29. The van der Waals surface area contributed by atoms with Gasteiger partial charge >= 0.3 is 0 Å². The SMILES string of the molecule is O=S1(=O)C[C@H](NCC(c2ccco2)N2CCCCC2)[C@@H](S(=O)(=O)c2ccc(Cl)s2)C1. The molecule has 0 aliphatic carbocycles. The smallest absolute Gasteiger partial charge is 0.193 e. The number of rotatable bonds is 7. The molecule has 2 aliphatic rings. The van der Waals surface area contributed by atoms with E-state index in [0.717, 1.165) is 43.0 Å². The Morgan fingerprint density at radius 2 is 1.97 bits per heavy atom. The number of nitrogens with one attached hydrogen (secondary N) is 1. The summed E-state index contributed by atoms with van der Waals surface area (Å²) in [6.07, 6.45) is 5.02. The summed E-state index contributed by atoms with van der Waals surface area (Å²) in [6.45, 7) is 2.29. The van der Waals surface area contributed by atoms with E-state index in [2.05, 4.69) is 10.2 Å².